The van der Waals surface area contributed by atoms with Crippen LogP contribution in [0.1, 0.15) is 120 Å². The summed E-state index contributed by atoms with van der Waals surface area (Å²) in [7, 11) is 0. The molecule has 0 amide bonds. The number of aliphatic hydroxyl groups excluding tert-OH is 1. The Labute approximate surface area is 204 Å². The molecule has 5 saturated carbocycles. The molecule has 6 aliphatic rings. The summed E-state index contributed by atoms with van der Waals surface area (Å²) in [6.45, 7) is 23.2. The second kappa shape index (κ2) is 6.15. The van der Waals surface area contributed by atoms with Gasteiger partial charge in [0.25, 0.3) is 0 Å². The van der Waals surface area contributed by atoms with Gasteiger partial charge in [-0.05, 0) is 119 Å². The van der Waals surface area contributed by atoms with Crippen molar-refractivity contribution in [2.45, 2.75) is 126 Å². The molecule has 0 aromatic heterocycles. The van der Waals surface area contributed by atoms with Gasteiger partial charge in [-0.25, -0.2) is 0 Å². The molecule has 0 saturated heterocycles. The maximum atomic E-state index is 11.0. The number of rotatable bonds is 0. The predicted octanol–water partition coefficient (Wildman–Crippen LogP) is 8.41. The van der Waals surface area contributed by atoms with Crippen LogP contribution in [-0.4, -0.2) is 11.2 Å². The zero-order chi connectivity index (χ0) is 24.0. The van der Waals surface area contributed by atoms with Crippen LogP contribution in [0, 0.1) is 61.6 Å². The van der Waals surface area contributed by atoms with Gasteiger partial charge >= 0.3 is 0 Å². The van der Waals surface area contributed by atoms with E-state index >= 15 is 0 Å². The molecule has 0 aliphatic heterocycles. The topological polar surface area (TPSA) is 20.2 Å². The van der Waals surface area contributed by atoms with Crippen LogP contribution in [0.4, 0.5) is 0 Å². The summed E-state index contributed by atoms with van der Waals surface area (Å²) in [5.41, 5.74) is 4.66. The first kappa shape index (κ1) is 23.1. The van der Waals surface area contributed by atoms with Gasteiger partial charge < -0.3 is 5.11 Å². The molecule has 186 valence electrons. The first-order chi connectivity index (χ1) is 15.1. The fourth-order valence-corrected chi connectivity index (χ4v) is 12.4. The van der Waals surface area contributed by atoms with Crippen molar-refractivity contribution in [1.82, 2.24) is 0 Å². The molecule has 0 aromatic rings. The summed E-state index contributed by atoms with van der Waals surface area (Å²) < 4.78 is 0. The highest BCUT2D eigenvalue weighted by molar-refractivity contribution is 5.41. The van der Waals surface area contributed by atoms with Crippen molar-refractivity contribution in [2.75, 3.05) is 0 Å². The Morgan fingerprint density at radius 2 is 1.45 bits per heavy atom. The summed E-state index contributed by atoms with van der Waals surface area (Å²) in [5.74, 6) is 3.14. The normalized spacial score (nSPS) is 57.4. The van der Waals surface area contributed by atoms with Gasteiger partial charge in [-0.3, -0.25) is 0 Å². The van der Waals surface area contributed by atoms with E-state index in [1.165, 1.54) is 51.4 Å². The summed E-state index contributed by atoms with van der Waals surface area (Å²) in [6, 6.07) is 0. The second-order valence-electron chi connectivity index (χ2n) is 16.6. The molecule has 6 rings (SSSR count). The van der Waals surface area contributed by atoms with Crippen LogP contribution < -0.4 is 0 Å². The Bertz CT molecular complexity index is 907. The highest BCUT2D eigenvalue weighted by atomic mass is 16.3. The van der Waals surface area contributed by atoms with Gasteiger partial charge in [0.05, 0.1) is 6.10 Å². The molecule has 1 nitrogen and oxygen atoms in total. The smallest absolute Gasteiger partial charge is 0.0594 e. The van der Waals surface area contributed by atoms with E-state index < -0.39 is 0 Å². The largest absolute Gasteiger partial charge is 0.393 e. The van der Waals surface area contributed by atoms with Gasteiger partial charge in [0.1, 0.15) is 0 Å². The predicted molar refractivity (Wildman–Crippen MR) is 138 cm³/mol. The molecule has 0 heterocycles. The summed E-state index contributed by atoms with van der Waals surface area (Å²) in [5, 5.41) is 11.0. The molecule has 5 fully saturated rings. The van der Waals surface area contributed by atoms with E-state index in [2.05, 4.69) is 68.4 Å². The minimum Gasteiger partial charge on any atom is -0.393 e. The summed E-state index contributed by atoms with van der Waals surface area (Å²) >= 11 is 0. The van der Waals surface area contributed by atoms with Gasteiger partial charge in [-0.1, -0.05) is 74.0 Å². The maximum absolute atomic E-state index is 11.0. The molecule has 6 aliphatic carbocycles. The average Bonchev–Trinajstić information content (AvgIpc) is 3.17. The van der Waals surface area contributed by atoms with E-state index in [0.29, 0.717) is 38.4 Å². The molecule has 1 heteroatoms. The highest BCUT2D eigenvalue weighted by Crippen LogP contribution is 2.87. The third kappa shape index (κ3) is 2.41. The van der Waals surface area contributed by atoms with Gasteiger partial charge in [-0.15, -0.1) is 0 Å². The molecule has 33 heavy (non-hydrogen) atoms. The first-order valence-electron chi connectivity index (χ1n) is 14.5. The molecular weight excluding hydrogens is 400 g/mol. The Balaban J connectivity index is 1.46. The van der Waals surface area contributed by atoms with Crippen molar-refractivity contribution in [1.29, 1.82) is 0 Å². The third-order valence-corrected chi connectivity index (χ3v) is 14.7. The number of aliphatic hydroxyl groups is 1. The van der Waals surface area contributed by atoms with E-state index in [1.54, 1.807) is 0 Å². The van der Waals surface area contributed by atoms with Crippen LogP contribution >= 0.6 is 0 Å². The quantitative estimate of drug-likeness (QED) is 0.366. The van der Waals surface area contributed by atoms with E-state index in [4.69, 9.17) is 0 Å². The molecule has 1 spiro atoms. The van der Waals surface area contributed by atoms with Crippen LogP contribution in [0.5, 0.6) is 0 Å². The Morgan fingerprint density at radius 1 is 0.758 bits per heavy atom. The lowest BCUT2D eigenvalue weighted by molar-refractivity contribution is -0.200. The van der Waals surface area contributed by atoms with E-state index in [0.717, 1.165) is 24.2 Å². The zero-order valence-electron chi connectivity index (χ0n) is 23.3. The minimum atomic E-state index is -0.128. The zero-order valence-corrected chi connectivity index (χ0v) is 23.3. The monoisotopic (exact) mass is 452 g/mol. The fourth-order valence-electron chi connectivity index (χ4n) is 12.4. The standard InChI is InChI=1S/C32H52O/c1-26(2)16-17-32-21(18-26)20-10-11-23-29(7)14-13-25(33)27(3,4)22(29)12-15-30(23,8)31(20,9)19-24(32)28(32,5)6/h10,21-25,33H,11-19H2,1-9H3. The van der Waals surface area contributed by atoms with Crippen LogP contribution in [0.2, 0.25) is 0 Å². The van der Waals surface area contributed by atoms with Gasteiger partial charge in [0.2, 0.25) is 0 Å². The third-order valence-electron chi connectivity index (χ3n) is 14.7. The Kier molecular flexibility index (Phi) is 4.31. The summed E-state index contributed by atoms with van der Waals surface area (Å²) in [4.78, 5) is 0. The number of fused-ring (bicyclic) bond motifs is 6. The van der Waals surface area contributed by atoms with E-state index in [-0.39, 0.29) is 11.5 Å². The van der Waals surface area contributed by atoms with Crippen LogP contribution in [-0.2, 0) is 0 Å². The van der Waals surface area contributed by atoms with E-state index in [1.807, 2.05) is 5.57 Å². The summed E-state index contributed by atoms with van der Waals surface area (Å²) in [6.07, 6.45) is 14.6. The average molecular weight is 453 g/mol. The minimum absolute atomic E-state index is 0.0484. The van der Waals surface area contributed by atoms with Crippen molar-refractivity contribution in [3.8, 4) is 0 Å². The molecule has 0 aromatic carbocycles. The van der Waals surface area contributed by atoms with Crippen molar-refractivity contribution < 1.29 is 5.11 Å². The van der Waals surface area contributed by atoms with Crippen molar-refractivity contribution in [2.24, 2.45) is 61.6 Å². The highest BCUT2D eigenvalue weighted by Gasteiger charge is 2.80. The lowest BCUT2D eigenvalue weighted by Gasteiger charge is -2.70. The first-order valence-corrected chi connectivity index (χ1v) is 14.5. The van der Waals surface area contributed by atoms with Gasteiger partial charge in [-0.2, -0.15) is 0 Å². The molecule has 0 radical (unpaired) electrons. The number of hydrogen-bond donors (Lipinski definition) is 1. The van der Waals surface area contributed by atoms with Crippen molar-refractivity contribution in [3.05, 3.63) is 11.6 Å². The van der Waals surface area contributed by atoms with Gasteiger partial charge in [0.15, 0.2) is 0 Å². The Morgan fingerprint density at radius 3 is 2.15 bits per heavy atom. The lowest BCUT2D eigenvalue weighted by Crippen LogP contribution is -2.64. The SMILES string of the molecule is CC1(C)CCC23C(C1)C1=CCC4C5(C)CCC(O)C(C)(C)C5CCC4(C)C1(C)CC2C3(C)C. The van der Waals surface area contributed by atoms with Crippen molar-refractivity contribution in [3.63, 3.8) is 0 Å². The second-order valence-corrected chi connectivity index (χ2v) is 16.6. The van der Waals surface area contributed by atoms with E-state index in [9.17, 15) is 5.11 Å². The van der Waals surface area contributed by atoms with Gasteiger partial charge in [0, 0.05) is 0 Å². The number of allylic oxidation sites excluding steroid dienone is 2. The Hall–Kier alpha value is -0.300. The molecule has 0 bridgehead atoms. The van der Waals surface area contributed by atoms with Crippen LogP contribution in [0.25, 0.3) is 0 Å². The molecular formula is C32H52O. The maximum Gasteiger partial charge on any atom is 0.0594 e. The molecule has 9 atom stereocenters. The lowest BCUT2D eigenvalue weighted by atomic mass is 9.34. The fraction of sp³-hybridized carbons (Fsp3) is 0.938. The molecule has 9 unspecified atom stereocenters. The van der Waals surface area contributed by atoms with Crippen molar-refractivity contribution >= 4 is 0 Å². The van der Waals surface area contributed by atoms with Crippen LogP contribution in [0.3, 0.4) is 0 Å². The number of hydrogen-bond acceptors (Lipinski definition) is 1. The van der Waals surface area contributed by atoms with Crippen LogP contribution in [0.15, 0.2) is 11.6 Å². The molecule has 1 N–H and O–H groups in total.